The van der Waals surface area contributed by atoms with Crippen molar-refractivity contribution < 1.29 is 5.11 Å². The molecule has 0 amide bonds. The van der Waals surface area contributed by atoms with E-state index in [1.165, 1.54) is 5.56 Å². The first-order valence-electron chi connectivity index (χ1n) is 5.85. The van der Waals surface area contributed by atoms with Crippen LogP contribution in [0.15, 0.2) is 40.9 Å². The standard InChI is InChI=1S/C15H16BrNO/c1-10-3-8-14(11(2)15(10)18)17-9-12-4-6-13(16)7-5-12/h3-8,17-18H,9H2,1-2H3. The monoisotopic (exact) mass is 305 g/mol. The van der Waals surface area contributed by atoms with Crippen molar-refractivity contribution in [3.05, 3.63) is 57.6 Å². The summed E-state index contributed by atoms with van der Waals surface area (Å²) >= 11 is 3.42. The number of rotatable bonds is 3. The summed E-state index contributed by atoms with van der Waals surface area (Å²) in [6, 6.07) is 12.1. The molecule has 0 spiro atoms. The smallest absolute Gasteiger partial charge is 0.123 e. The van der Waals surface area contributed by atoms with Crippen LogP contribution < -0.4 is 5.32 Å². The predicted octanol–water partition coefficient (Wildman–Crippen LogP) is 4.38. The van der Waals surface area contributed by atoms with Crippen LogP contribution in [0.4, 0.5) is 5.69 Å². The van der Waals surface area contributed by atoms with Gasteiger partial charge >= 0.3 is 0 Å². The van der Waals surface area contributed by atoms with E-state index in [4.69, 9.17) is 0 Å². The summed E-state index contributed by atoms with van der Waals surface area (Å²) in [4.78, 5) is 0. The average molecular weight is 306 g/mol. The Balaban J connectivity index is 2.11. The van der Waals surface area contributed by atoms with Gasteiger partial charge in [0.25, 0.3) is 0 Å². The molecule has 0 radical (unpaired) electrons. The van der Waals surface area contributed by atoms with E-state index in [1.54, 1.807) is 0 Å². The zero-order valence-corrected chi connectivity index (χ0v) is 12.1. The Bertz CT molecular complexity index is 549. The van der Waals surface area contributed by atoms with Crippen molar-refractivity contribution in [3.8, 4) is 5.75 Å². The molecule has 0 saturated heterocycles. The fraction of sp³-hybridized carbons (Fsp3) is 0.200. The molecule has 0 aromatic heterocycles. The number of phenols is 1. The van der Waals surface area contributed by atoms with Crippen LogP contribution in [0.2, 0.25) is 0 Å². The van der Waals surface area contributed by atoms with Gasteiger partial charge in [-0.1, -0.05) is 34.1 Å². The zero-order valence-electron chi connectivity index (χ0n) is 10.5. The van der Waals surface area contributed by atoms with Crippen molar-refractivity contribution >= 4 is 21.6 Å². The summed E-state index contributed by atoms with van der Waals surface area (Å²) in [6.07, 6.45) is 0. The van der Waals surface area contributed by atoms with Crippen molar-refractivity contribution in [3.63, 3.8) is 0 Å². The number of benzene rings is 2. The molecule has 0 aliphatic heterocycles. The van der Waals surface area contributed by atoms with Gasteiger partial charge in [-0.25, -0.2) is 0 Å². The number of aryl methyl sites for hydroxylation is 1. The highest BCUT2D eigenvalue weighted by Gasteiger charge is 2.05. The van der Waals surface area contributed by atoms with Crippen LogP contribution in [0, 0.1) is 13.8 Å². The lowest BCUT2D eigenvalue weighted by Gasteiger charge is -2.12. The summed E-state index contributed by atoms with van der Waals surface area (Å²) in [5.74, 6) is 0.371. The molecule has 0 heterocycles. The third-order valence-corrected chi connectivity index (χ3v) is 3.56. The first-order chi connectivity index (χ1) is 8.58. The van der Waals surface area contributed by atoms with E-state index in [1.807, 2.05) is 38.1 Å². The first-order valence-corrected chi connectivity index (χ1v) is 6.64. The fourth-order valence-corrected chi connectivity index (χ4v) is 2.09. The number of anilines is 1. The maximum absolute atomic E-state index is 9.87. The van der Waals surface area contributed by atoms with Gasteiger partial charge in [0.2, 0.25) is 0 Å². The van der Waals surface area contributed by atoms with E-state index in [0.717, 1.165) is 27.8 Å². The van der Waals surface area contributed by atoms with E-state index >= 15 is 0 Å². The fourth-order valence-electron chi connectivity index (χ4n) is 1.83. The van der Waals surface area contributed by atoms with Crippen LogP contribution in [0.3, 0.4) is 0 Å². The van der Waals surface area contributed by atoms with Crippen LogP contribution >= 0.6 is 15.9 Å². The number of phenolic OH excluding ortho intramolecular Hbond substituents is 1. The summed E-state index contributed by atoms with van der Waals surface area (Å²) in [7, 11) is 0. The lowest BCUT2D eigenvalue weighted by atomic mass is 10.1. The molecular formula is C15H16BrNO. The molecule has 0 fully saturated rings. The Morgan fingerprint density at radius 1 is 1.06 bits per heavy atom. The van der Waals surface area contributed by atoms with Crippen molar-refractivity contribution in [1.29, 1.82) is 0 Å². The molecule has 0 aliphatic rings. The molecular weight excluding hydrogens is 290 g/mol. The summed E-state index contributed by atoms with van der Waals surface area (Å²) in [5.41, 5.74) is 3.98. The number of nitrogens with one attached hydrogen (secondary N) is 1. The molecule has 0 aliphatic carbocycles. The maximum Gasteiger partial charge on any atom is 0.123 e. The van der Waals surface area contributed by atoms with Crippen LogP contribution in [0.1, 0.15) is 16.7 Å². The highest BCUT2D eigenvalue weighted by atomic mass is 79.9. The van der Waals surface area contributed by atoms with Crippen LogP contribution in [-0.2, 0) is 6.54 Å². The SMILES string of the molecule is Cc1ccc(NCc2ccc(Br)cc2)c(C)c1O. The highest BCUT2D eigenvalue weighted by molar-refractivity contribution is 9.10. The molecule has 2 aromatic carbocycles. The van der Waals surface area contributed by atoms with Crippen molar-refractivity contribution in [1.82, 2.24) is 0 Å². The van der Waals surface area contributed by atoms with Gasteiger partial charge in [-0.15, -0.1) is 0 Å². The molecule has 2 N–H and O–H groups in total. The van der Waals surface area contributed by atoms with E-state index in [2.05, 4.69) is 33.4 Å². The Morgan fingerprint density at radius 2 is 1.72 bits per heavy atom. The summed E-state index contributed by atoms with van der Waals surface area (Å²) in [6.45, 7) is 4.57. The molecule has 94 valence electrons. The van der Waals surface area contributed by atoms with Gasteiger partial charge in [0, 0.05) is 22.3 Å². The van der Waals surface area contributed by atoms with Crippen molar-refractivity contribution in [2.24, 2.45) is 0 Å². The Morgan fingerprint density at radius 3 is 2.39 bits per heavy atom. The number of aromatic hydroxyl groups is 1. The quantitative estimate of drug-likeness (QED) is 0.882. The van der Waals surface area contributed by atoms with Crippen molar-refractivity contribution in [2.45, 2.75) is 20.4 Å². The van der Waals surface area contributed by atoms with Crippen LogP contribution in [0.5, 0.6) is 5.75 Å². The molecule has 2 nitrogen and oxygen atoms in total. The number of hydrogen-bond donors (Lipinski definition) is 2. The number of halogens is 1. The summed E-state index contributed by atoms with van der Waals surface area (Å²) in [5, 5.41) is 13.2. The van der Waals surface area contributed by atoms with Gasteiger partial charge in [0.1, 0.15) is 5.75 Å². The van der Waals surface area contributed by atoms with Gasteiger partial charge in [-0.05, 0) is 43.2 Å². The first kappa shape index (κ1) is 13.0. The third kappa shape index (κ3) is 2.85. The van der Waals surface area contributed by atoms with E-state index in [0.29, 0.717) is 5.75 Å². The summed E-state index contributed by atoms with van der Waals surface area (Å²) < 4.78 is 1.08. The predicted molar refractivity (Wildman–Crippen MR) is 79.0 cm³/mol. The molecule has 0 atom stereocenters. The molecule has 3 heteroatoms. The van der Waals surface area contributed by atoms with E-state index in [-0.39, 0.29) is 0 Å². The maximum atomic E-state index is 9.87. The second-order valence-electron chi connectivity index (χ2n) is 4.38. The lowest BCUT2D eigenvalue weighted by Crippen LogP contribution is -2.01. The van der Waals surface area contributed by atoms with Crippen LogP contribution in [0.25, 0.3) is 0 Å². The second kappa shape index (κ2) is 5.44. The average Bonchev–Trinajstić information content (AvgIpc) is 2.37. The molecule has 0 saturated carbocycles. The Kier molecular flexibility index (Phi) is 3.92. The van der Waals surface area contributed by atoms with E-state index in [9.17, 15) is 5.11 Å². The largest absolute Gasteiger partial charge is 0.507 e. The lowest BCUT2D eigenvalue weighted by molar-refractivity contribution is 0.467. The minimum atomic E-state index is 0.371. The van der Waals surface area contributed by atoms with Crippen LogP contribution in [-0.4, -0.2) is 5.11 Å². The third-order valence-electron chi connectivity index (χ3n) is 3.03. The Hall–Kier alpha value is -1.48. The van der Waals surface area contributed by atoms with E-state index < -0.39 is 0 Å². The highest BCUT2D eigenvalue weighted by Crippen LogP contribution is 2.28. The minimum Gasteiger partial charge on any atom is -0.507 e. The molecule has 0 bridgehead atoms. The van der Waals surface area contributed by atoms with Gasteiger partial charge in [0.15, 0.2) is 0 Å². The molecule has 2 aromatic rings. The number of hydrogen-bond acceptors (Lipinski definition) is 2. The van der Waals surface area contributed by atoms with Gasteiger partial charge in [-0.3, -0.25) is 0 Å². The molecule has 18 heavy (non-hydrogen) atoms. The molecule has 0 unspecified atom stereocenters. The van der Waals surface area contributed by atoms with Gasteiger partial charge in [0.05, 0.1) is 0 Å². The zero-order chi connectivity index (χ0) is 13.1. The minimum absolute atomic E-state index is 0.371. The normalized spacial score (nSPS) is 10.4. The Labute approximate surface area is 116 Å². The van der Waals surface area contributed by atoms with Gasteiger partial charge in [-0.2, -0.15) is 0 Å². The molecule has 2 rings (SSSR count). The van der Waals surface area contributed by atoms with Gasteiger partial charge < -0.3 is 10.4 Å². The second-order valence-corrected chi connectivity index (χ2v) is 5.30. The topological polar surface area (TPSA) is 32.3 Å². The van der Waals surface area contributed by atoms with Crippen molar-refractivity contribution in [2.75, 3.05) is 5.32 Å².